The number of benzene rings is 2. The van der Waals surface area contributed by atoms with E-state index in [4.69, 9.17) is 20.9 Å². The molecule has 7 nitrogen and oxygen atoms in total. The molecule has 0 spiro atoms. The first-order valence-electron chi connectivity index (χ1n) is 7.94. The van der Waals surface area contributed by atoms with Gasteiger partial charge in [-0.25, -0.2) is 8.42 Å². The Bertz CT molecular complexity index is 1220. The summed E-state index contributed by atoms with van der Waals surface area (Å²) in [7, 11) is -2.36. The third kappa shape index (κ3) is 3.12. The van der Waals surface area contributed by atoms with Crippen LogP contribution in [0.15, 0.2) is 62.8 Å². The van der Waals surface area contributed by atoms with Crippen molar-refractivity contribution in [1.82, 2.24) is 15.1 Å². The Morgan fingerprint density at radius 3 is 2.70 bits per heavy atom. The molecule has 0 unspecified atom stereocenters. The molecule has 0 aliphatic carbocycles. The molecule has 2 aromatic heterocycles. The molecule has 0 bridgehead atoms. The van der Waals surface area contributed by atoms with Gasteiger partial charge >= 0.3 is 0 Å². The first kappa shape index (κ1) is 17.7. The maximum Gasteiger partial charge on any atom is 0.252 e. The maximum atomic E-state index is 13.4. The van der Waals surface area contributed by atoms with E-state index in [1.165, 1.54) is 19.2 Å². The molecule has 1 N–H and O–H groups in total. The van der Waals surface area contributed by atoms with E-state index in [1.54, 1.807) is 36.4 Å². The van der Waals surface area contributed by atoms with Gasteiger partial charge in [0.15, 0.2) is 0 Å². The van der Waals surface area contributed by atoms with Crippen LogP contribution in [-0.4, -0.2) is 30.7 Å². The molecule has 9 heteroatoms. The van der Waals surface area contributed by atoms with Gasteiger partial charge in [-0.2, -0.15) is 4.98 Å². The Morgan fingerprint density at radius 2 is 1.96 bits per heavy atom. The summed E-state index contributed by atoms with van der Waals surface area (Å²) in [6.07, 6.45) is 0. The van der Waals surface area contributed by atoms with Gasteiger partial charge in [0.25, 0.3) is 5.89 Å². The lowest BCUT2D eigenvalue weighted by Gasteiger charge is -2.05. The van der Waals surface area contributed by atoms with Crippen molar-refractivity contribution in [2.75, 3.05) is 7.11 Å². The predicted molar refractivity (Wildman–Crippen MR) is 99.2 cm³/mol. The lowest BCUT2D eigenvalue weighted by atomic mass is 10.2. The standard InChI is InChI=1S/C18H14ClN3O4S/c1-25-10-15-21-18(22-26-15)16-17(13-9-11(19)7-8-14(13)20-16)27(23,24)12-5-3-2-4-6-12/h2-9,20H,10H2,1H3. The molecule has 0 atom stereocenters. The molecule has 138 valence electrons. The summed E-state index contributed by atoms with van der Waals surface area (Å²) in [6.45, 7) is 0.125. The quantitative estimate of drug-likeness (QED) is 0.543. The van der Waals surface area contributed by atoms with Crippen LogP contribution in [-0.2, 0) is 21.2 Å². The molecule has 27 heavy (non-hydrogen) atoms. The van der Waals surface area contributed by atoms with Gasteiger partial charge in [-0.3, -0.25) is 0 Å². The highest BCUT2D eigenvalue weighted by Crippen LogP contribution is 2.37. The number of halogens is 1. The largest absolute Gasteiger partial charge is 0.375 e. The molecule has 0 amide bonds. The second-order valence-corrected chi connectivity index (χ2v) is 8.10. The summed E-state index contributed by atoms with van der Waals surface area (Å²) in [4.78, 5) is 7.51. The minimum Gasteiger partial charge on any atom is -0.375 e. The number of hydrogen-bond donors (Lipinski definition) is 1. The van der Waals surface area contributed by atoms with Crippen molar-refractivity contribution >= 4 is 32.3 Å². The van der Waals surface area contributed by atoms with Gasteiger partial charge in [0.05, 0.1) is 4.90 Å². The number of nitrogens with one attached hydrogen (secondary N) is 1. The van der Waals surface area contributed by atoms with Crippen LogP contribution >= 0.6 is 11.6 Å². The Hall–Kier alpha value is -2.68. The van der Waals surface area contributed by atoms with Crippen LogP contribution in [0, 0.1) is 0 Å². The van der Waals surface area contributed by atoms with E-state index in [-0.39, 0.29) is 33.8 Å². The SMILES string of the molecule is COCc1nc(-c2[nH]c3ccc(Cl)cc3c2S(=O)(=O)c2ccccc2)no1. The summed E-state index contributed by atoms with van der Waals surface area (Å²) in [5.74, 6) is 0.371. The molecule has 2 aromatic carbocycles. The summed E-state index contributed by atoms with van der Waals surface area (Å²) in [5.41, 5.74) is 0.837. The van der Waals surface area contributed by atoms with E-state index in [2.05, 4.69) is 15.1 Å². The van der Waals surface area contributed by atoms with Crippen molar-refractivity contribution in [1.29, 1.82) is 0 Å². The van der Waals surface area contributed by atoms with Gasteiger partial charge in [-0.05, 0) is 30.3 Å². The van der Waals surface area contributed by atoms with Crippen LogP contribution < -0.4 is 0 Å². The third-order valence-electron chi connectivity index (χ3n) is 3.99. The lowest BCUT2D eigenvalue weighted by molar-refractivity contribution is 0.151. The van der Waals surface area contributed by atoms with Crippen LogP contribution in [0.4, 0.5) is 0 Å². The Balaban J connectivity index is 2.01. The molecule has 0 saturated carbocycles. The number of nitrogens with zero attached hydrogens (tertiary/aromatic N) is 2. The van der Waals surface area contributed by atoms with Crippen LogP contribution in [0.25, 0.3) is 22.4 Å². The average Bonchev–Trinajstić information content (AvgIpc) is 3.27. The molecule has 4 aromatic rings. The molecule has 4 rings (SSSR count). The highest BCUT2D eigenvalue weighted by Gasteiger charge is 2.29. The first-order chi connectivity index (χ1) is 13.0. The van der Waals surface area contributed by atoms with Crippen LogP contribution in [0.1, 0.15) is 5.89 Å². The van der Waals surface area contributed by atoms with Crippen LogP contribution in [0.2, 0.25) is 5.02 Å². The zero-order chi connectivity index (χ0) is 19.0. The van der Waals surface area contributed by atoms with Gasteiger partial charge in [-0.15, -0.1) is 0 Å². The Morgan fingerprint density at radius 1 is 1.19 bits per heavy atom. The van der Waals surface area contributed by atoms with Crippen molar-refractivity contribution < 1.29 is 17.7 Å². The molecule has 2 heterocycles. The maximum absolute atomic E-state index is 13.4. The zero-order valence-corrected chi connectivity index (χ0v) is 15.7. The monoisotopic (exact) mass is 403 g/mol. The molecular formula is C18H14ClN3O4S. The normalized spacial score (nSPS) is 11.9. The van der Waals surface area contributed by atoms with E-state index in [0.29, 0.717) is 15.9 Å². The fourth-order valence-corrected chi connectivity index (χ4v) is 4.62. The number of aromatic nitrogens is 3. The average molecular weight is 404 g/mol. The smallest absolute Gasteiger partial charge is 0.252 e. The lowest BCUT2D eigenvalue weighted by Crippen LogP contribution is -2.03. The highest BCUT2D eigenvalue weighted by atomic mass is 35.5. The first-order valence-corrected chi connectivity index (χ1v) is 9.80. The number of rotatable bonds is 5. The van der Waals surface area contributed by atoms with Crippen molar-refractivity contribution in [2.24, 2.45) is 0 Å². The van der Waals surface area contributed by atoms with Gasteiger partial charge in [0.2, 0.25) is 15.7 Å². The Kier molecular flexibility index (Phi) is 4.47. The number of aromatic amines is 1. The number of hydrogen-bond acceptors (Lipinski definition) is 6. The van der Waals surface area contributed by atoms with Crippen molar-refractivity contribution in [3.63, 3.8) is 0 Å². The zero-order valence-electron chi connectivity index (χ0n) is 14.1. The van der Waals surface area contributed by atoms with Crippen molar-refractivity contribution in [3.8, 4) is 11.5 Å². The summed E-state index contributed by atoms with van der Waals surface area (Å²) in [6, 6.07) is 13.1. The summed E-state index contributed by atoms with van der Waals surface area (Å²) < 4.78 is 36.8. The van der Waals surface area contributed by atoms with Crippen LogP contribution in [0.5, 0.6) is 0 Å². The van der Waals surface area contributed by atoms with Gasteiger partial charge in [0, 0.05) is 23.0 Å². The van der Waals surface area contributed by atoms with Gasteiger partial charge in [-0.1, -0.05) is 35.0 Å². The van der Waals surface area contributed by atoms with E-state index in [9.17, 15) is 8.42 Å². The van der Waals surface area contributed by atoms with E-state index in [1.807, 2.05) is 0 Å². The molecule has 0 aliphatic heterocycles. The molecule has 0 aliphatic rings. The molecule has 0 saturated heterocycles. The second-order valence-electron chi connectivity index (χ2n) is 5.78. The number of ether oxygens (including phenoxy) is 1. The topological polar surface area (TPSA) is 98.1 Å². The minimum atomic E-state index is -3.86. The van der Waals surface area contributed by atoms with Crippen molar-refractivity contribution in [3.05, 3.63) is 59.4 Å². The van der Waals surface area contributed by atoms with Gasteiger partial charge in [0.1, 0.15) is 17.2 Å². The number of sulfone groups is 1. The highest BCUT2D eigenvalue weighted by molar-refractivity contribution is 7.91. The molecule has 0 fully saturated rings. The summed E-state index contributed by atoms with van der Waals surface area (Å²) in [5, 5.41) is 4.78. The van der Waals surface area contributed by atoms with Crippen molar-refractivity contribution in [2.45, 2.75) is 16.4 Å². The second kappa shape index (κ2) is 6.80. The fraction of sp³-hybridized carbons (Fsp3) is 0.111. The number of fused-ring (bicyclic) bond motifs is 1. The predicted octanol–water partition coefficient (Wildman–Crippen LogP) is 3.85. The van der Waals surface area contributed by atoms with Crippen LogP contribution in [0.3, 0.4) is 0 Å². The fourth-order valence-electron chi connectivity index (χ4n) is 2.83. The minimum absolute atomic E-state index is 0.0518. The van der Waals surface area contributed by atoms with E-state index in [0.717, 1.165) is 0 Å². The Labute approximate surface area is 159 Å². The molecule has 0 radical (unpaired) electrons. The van der Waals surface area contributed by atoms with E-state index < -0.39 is 9.84 Å². The van der Waals surface area contributed by atoms with Gasteiger partial charge < -0.3 is 14.2 Å². The third-order valence-corrected chi connectivity index (χ3v) is 6.08. The number of H-pyrrole nitrogens is 1. The summed E-state index contributed by atoms with van der Waals surface area (Å²) >= 11 is 6.11. The molecular weight excluding hydrogens is 390 g/mol. The number of methoxy groups -OCH3 is 1. The van der Waals surface area contributed by atoms with E-state index >= 15 is 0 Å².